The molecule has 0 fully saturated rings. The summed E-state index contributed by atoms with van der Waals surface area (Å²) in [4.78, 5) is 2.17. The van der Waals surface area contributed by atoms with Gasteiger partial charge in [-0.15, -0.1) is 18.9 Å². The van der Waals surface area contributed by atoms with Crippen molar-refractivity contribution in [3.05, 3.63) is 89.8 Å². The van der Waals surface area contributed by atoms with Crippen LogP contribution in [-0.4, -0.2) is 20.0 Å². The van der Waals surface area contributed by atoms with E-state index in [0.717, 1.165) is 52.0 Å². The zero-order valence-electron chi connectivity index (χ0n) is 17.7. The first-order chi connectivity index (χ1) is 14.6. The van der Waals surface area contributed by atoms with Gasteiger partial charge in [-0.25, -0.2) is 0 Å². The molecule has 0 aliphatic carbocycles. The highest BCUT2D eigenvalue weighted by molar-refractivity contribution is 5.80. The Bertz CT molecular complexity index is 1060. The van der Waals surface area contributed by atoms with Crippen LogP contribution in [0.15, 0.2) is 73.1 Å². The van der Waals surface area contributed by atoms with E-state index in [2.05, 4.69) is 53.4 Å². The summed E-state index contributed by atoms with van der Waals surface area (Å²) in [7, 11) is 2.02. The van der Waals surface area contributed by atoms with Gasteiger partial charge in [0.15, 0.2) is 0 Å². The fourth-order valence-corrected chi connectivity index (χ4v) is 3.97. The number of anilines is 1. The molecule has 1 heterocycles. The second kappa shape index (κ2) is 8.78. The Labute approximate surface area is 180 Å². The van der Waals surface area contributed by atoms with Gasteiger partial charge in [-0.2, -0.15) is 0 Å². The number of hydrogen-bond donors (Lipinski definition) is 1. The van der Waals surface area contributed by atoms with Crippen LogP contribution in [0.3, 0.4) is 0 Å². The molecule has 0 aromatic heterocycles. The Morgan fingerprint density at radius 1 is 1.29 bits per heavy atom. The first-order valence-corrected chi connectivity index (χ1v) is 9.78. The van der Waals surface area contributed by atoms with Crippen molar-refractivity contribution in [2.45, 2.75) is 26.3 Å². The molecule has 0 saturated carbocycles. The number of rotatable bonds is 6. The van der Waals surface area contributed by atoms with Gasteiger partial charge in [-0.05, 0) is 65.4 Å². The standard InChI is InChI=1S/C25H25F3N2O/c1-6-20(7-2)29-14-19-13-22(18-8-10-21(11-9-18)31-25(26,27)28)23-12-16(3)15-30(5)24(23)17(19)4/h6,8-11,13,29H,1-3,12,14-15H2,4-5H3. The van der Waals surface area contributed by atoms with E-state index in [0.29, 0.717) is 12.2 Å². The van der Waals surface area contributed by atoms with Crippen molar-refractivity contribution < 1.29 is 17.9 Å². The fourth-order valence-electron chi connectivity index (χ4n) is 3.97. The van der Waals surface area contributed by atoms with Gasteiger partial charge in [0.25, 0.3) is 0 Å². The van der Waals surface area contributed by atoms with E-state index in [1.54, 1.807) is 18.2 Å². The van der Waals surface area contributed by atoms with E-state index in [-0.39, 0.29) is 5.75 Å². The third-order valence-corrected chi connectivity index (χ3v) is 5.30. The third-order valence-electron chi connectivity index (χ3n) is 5.30. The Morgan fingerprint density at radius 2 is 1.97 bits per heavy atom. The topological polar surface area (TPSA) is 24.5 Å². The molecule has 0 spiro atoms. The molecule has 6 heteroatoms. The number of halogens is 3. The number of likely N-dealkylation sites (N-methyl/N-ethyl adjacent to an activating group) is 1. The molecule has 0 unspecified atom stereocenters. The third kappa shape index (κ3) is 5.04. The summed E-state index contributed by atoms with van der Waals surface area (Å²) < 4.78 is 41.6. The summed E-state index contributed by atoms with van der Waals surface area (Å²) in [6.45, 7) is 14.9. The molecule has 1 N–H and O–H groups in total. The molecule has 0 radical (unpaired) electrons. The van der Waals surface area contributed by atoms with Crippen molar-refractivity contribution >= 4 is 5.69 Å². The molecule has 3 rings (SSSR count). The zero-order chi connectivity index (χ0) is 22.8. The average molecular weight is 426 g/mol. The normalized spacial score (nSPS) is 13.3. The molecule has 0 atom stereocenters. The van der Waals surface area contributed by atoms with Gasteiger partial charge in [-0.1, -0.05) is 37.4 Å². The molecular formula is C25H25F3N2O. The van der Waals surface area contributed by atoms with Gasteiger partial charge in [-0.3, -0.25) is 0 Å². The maximum atomic E-state index is 12.5. The number of allylic oxidation sites excluding steroid dienone is 1. The van der Waals surface area contributed by atoms with Crippen molar-refractivity contribution in [2.75, 3.05) is 18.5 Å². The number of ether oxygens (including phenoxy) is 1. The van der Waals surface area contributed by atoms with E-state index in [9.17, 15) is 13.2 Å². The minimum atomic E-state index is -4.72. The summed E-state index contributed by atoms with van der Waals surface area (Å²) in [5.74, 6) is -0.243. The van der Waals surface area contributed by atoms with Crippen LogP contribution in [0.5, 0.6) is 5.75 Å². The summed E-state index contributed by atoms with van der Waals surface area (Å²) in [6.07, 6.45) is -2.35. The van der Waals surface area contributed by atoms with Crippen LogP contribution in [0.2, 0.25) is 0 Å². The van der Waals surface area contributed by atoms with Crippen LogP contribution in [0.25, 0.3) is 11.1 Å². The monoisotopic (exact) mass is 426 g/mol. The highest BCUT2D eigenvalue weighted by Gasteiger charge is 2.31. The second-order valence-corrected chi connectivity index (χ2v) is 7.54. The van der Waals surface area contributed by atoms with Crippen LogP contribution >= 0.6 is 0 Å². The molecule has 2 aromatic carbocycles. The molecule has 162 valence electrons. The van der Waals surface area contributed by atoms with Gasteiger partial charge < -0.3 is 15.0 Å². The largest absolute Gasteiger partial charge is 0.573 e. The smallest absolute Gasteiger partial charge is 0.406 e. The molecule has 1 aliphatic heterocycles. The number of hydrogen-bond acceptors (Lipinski definition) is 3. The Balaban J connectivity index is 2.08. The minimum absolute atomic E-state index is 0.243. The predicted molar refractivity (Wildman–Crippen MR) is 119 cm³/mol. The molecule has 0 saturated heterocycles. The lowest BCUT2D eigenvalue weighted by Gasteiger charge is -2.33. The van der Waals surface area contributed by atoms with E-state index < -0.39 is 6.36 Å². The lowest BCUT2D eigenvalue weighted by Crippen LogP contribution is -2.28. The Kier molecular flexibility index (Phi) is 6.32. The number of benzene rings is 2. The lowest BCUT2D eigenvalue weighted by atomic mass is 9.86. The zero-order valence-corrected chi connectivity index (χ0v) is 17.7. The first-order valence-electron chi connectivity index (χ1n) is 9.78. The first kappa shape index (κ1) is 22.3. The van der Waals surface area contributed by atoms with Crippen LogP contribution in [0.1, 0.15) is 16.7 Å². The van der Waals surface area contributed by atoms with E-state index in [1.165, 1.54) is 12.1 Å². The average Bonchev–Trinajstić information content (AvgIpc) is 2.69. The number of fused-ring (bicyclic) bond motifs is 1. The van der Waals surface area contributed by atoms with Crippen molar-refractivity contribution in [3.8, 4) is 16.9 Å². The second-order valence-electron chi connectivity index (χ2n) is 7.54. The maximum Gasteiger partial charge on any atom is 0.573 e. The van der Waals surface area contributed by atoms with Gasteiger partial charge in [0.2, 0.25) is 0 Å². The van der Waals surface area contributed by atoms with Crippen LogP contribution < -0.4 is 15.0 Å². The predicted octanol–water partition coefficient (Wildman–Crippen LogP) is 6.05. The van der Waals surface area contributed by atoms with Gasteiger partial charge in [0.05, 0.1) is 5.70 Å². The van der Waals surface area contributed by atoms with Crippen LogP contribution in [-0.2, 0) is 13.0 Å². The molecule has 0 bridgehead atoms. The summed E-state index contributed by atoms with van der Waals surface area (Å²) >= 11 is 0. The molecule has 0 amide bonds. The Hall–Kier alpha value is -3.37. The maximum absolute atomic E-state index is 12.5. The van der Waals surface area contributed by atoms with Crippen molar-refractivity contribution in [1.82, 2.24) is 5.32 Å². The fraction of sp³-hybridized carbons (Fsp3) is 0.240. The molecular weight excluding hydrogens is 401 g/mol. The minimum Gasteiger partial charge on any atom is -0.406 e. The summed E-state index contributed by atoms with van der Waals surface area (Å²) in [6, 6.07) is 8.06. The summed E-state index contributed by atoms with van der Waals surface area (Å²) in [5.41, 5.74) is 10.8. The Morgan fingerprint density at radius 3 is 2.55 bits per heavy atom. The van der Waals surface area contributed by atoms with Crippen molar-refractivity contribution in [3.63, 3.8) is 0 Å². The molecule has 1 aliphatic rings. The van der Waals surface area contributed by atoms with Crippen molar-refractivity contribution in [1.29, 1.82) is 0 Å². The van der Waals surface area contributed by atoms with Gasteiger partial charge in [0, 0.05) is 25.8 Å². The van der Waals surface area contributed by atoms with Crippen molar-refractivity contribution in [2.24, 2.45) is 0 Å². The quantitative estimate of drug-likeness (QED) is 0.346. The highest BCUT2D eigenvalue weighted by atomic mass is 19.4. The van der Waals surface area contributed by atoms with Crippen LogP contribution in [0.4, 0.5) is 18.9 Å². The number of nitrogens with one attached hydrogen (secondary N) is 1. The van der Waals surface area contributed by atoms with Gasteiger partial charge in [0.1, 0.15) is 5.75 Å². The van der Waals surface area contributed by atoms with Crippen LogP contribution in [0, 0.1) is 6.92 Å². The summed E-state index contributed by atoms with van der Waals surface area (Å²) in [5, 5.41) is 3.26. The molecule has 2 aromatic rings. The van der Waals surface area contributed by atoms with E-state index >= 15 is 0 Å². The SMILES string of the molecule is C=C=C(C=C)NCc1cc(-c2ccc(OC(F)(F)F)cc2)c2c(c1C)N(C)CC(=C)C2. The van der Waals surface area contributed by atoms with E-state index in [1.807, 2.05) is 7.05 Å². The number of nitrogens with zero attached hydrogens (tertiary/aromatic N) is 1. The number of alkyl halides is 3. The van der Waals surface area contributed by atoms with Gasteiger partial charge >= 0.3 is 6.36 Å². The molecule has 31 heavy (non-hydrogen) atoms. The molecule has 3 nitrogen and oxygen atoms in total. The van der Waals surface area contributed by atoms with E-state index in [4.69, 9.17) is 0 Å². The lowest BCUT2D eigenvalue weighted by molar-refractivity contribution is -0.274. The highest BCUT2D eigenvalue weighted by Crippen LogP contribution is 2.41.